The van der Waals surface area contributed by atoms with Crippen LogP contribution in [-0.2, 0) is 23.7 Å². The largest absolute Gasteiger partial charge is 0.365 e. The number of fused-ring (bicyclic) bond motifs is 3. The van der Waals surface area contributed by atoms with Crippen molar-refractivity contribution in [2.45, 2.75) is 63.6 Å². The van der Waals surface area contributed by atoms with E-state index in [1.807, 2.05) is 27.7 Å². The van der Waals surface area contributed by atoms with Crippen LogP contribution >= 0.6 is 0 Å². The van der Waals surface area contributed by atoms with Crippen molar-refractivity contribution in [3.8, 4) is 0 Å². The molecule has 0 radical (unpaired) electrons. The van der Waals surface area contributed by atoms with E-state index in [1.165, 1.54) is 0 Å². The van der Waals surface area contributed by atoms with Crippen molar-refractivity contribution in [2.24, 2.45) is 11.8 Å². The summed E-state index contributed by atoms with van der Waals surface area (Å²) in [7, 11) is 0. The summed E-state index contributed by atoms with van der Waals surface area (Å²) in [6, 6.07) is 0. The average molecular weight is 272 g/mol. The number of aliphatic hydroxyl groups is 1. The maximum absolute atomic E-state index is 10.5. The van der Waals surface area contributed by atoms with Crippen LogP contribution in [0.25, 0.3) is 0 Å². The van der Waals surface area contributed by atoms with Crippen LogP contribution in [0.4, 0.5) is 0 Å². The molecule has 0 aromatic carbocycles. The van der Waals surface area contributed by atoms with Gasteiger partial charge in [-0.3, -0.25) is 0 Å². The smallest absolute Gasteiger partial charge is 0.190 e. The molecule has 0 aromatic heterocycles. The molecule has 4 aliphatic rings. The van der Waals surface area contributed by atoms with Crippen LogP contribution in [-0.4, -0.2) is 47.6 Å². The van der Waals surface area contributed by atoms with E-state index in [4.69, 9.17) is 23.7 Å². The van der Waals surface area contributed by atoms with Gasteiger partial charge in [0.15, 0.2) is 23.7 Å². The summed E-state index contributed by atoms with van der Waals surface area (Å²) in [6.07, 6.45) is -0.854. The van der Waals surface area contributed by atoms with Gasteiger partial charge in [-0.25, -0.2) is 0 Å². The van der Waals surface area contributed by atoms with Crippen LogP contribution < -0.4 is 0 Å². The maximum Gasteiger partial charge on any atom is 0.190 e. The summed E-state index contributed by atoms with van der Waals surface area (Å²) in [5.41, 5.74) is 0. The molecule has 3 aliphatic heterocycles. The molecule has 6 nitrogen and oxygen atoms in total. The highest BCUT2D eigenvalue weighted by molar-refractivity contribution is 5.19. The Balaban J connectivity index is 1.51. The van der Waals surface area contributed by atoms with Gasteiger partial charge in [-0.15, -0.1) is 0 Å². The second-order valence-electron chi connectivity index (χ2n) is 6.76. The molecule has 0 bridgehead atoms. The van der Waals surface area contributed by atoms with E-state index in [-0.39, 0.29) is 24.0 Å². The summed E-state index contributed by atoms with van der Waals surface area (Å²) in [5.74, 6) is -2.63. The van der Waals surface area contributed by atoms with Gasteiger partial charge in [0.25, 0.3) is 0 Å². The molecular formula is C13H20O6. The number of ether oxygens (including phenoxy) is 5. The Morgan fingerprint density at radius 2 is 1.63 bits per heavy atom. The quantitative estimate of drug-likeness (QED) is 0.753. The first-order valence-corrected chi connectivity index (χ1v) is 6.79. The Morgan fingerprint density at radius 1 is 0.895 bits per heavy atom. The molecule has 0 aromatic rings. The monoisotopic (exact) mass is 272 g/mol. The third-order valence-electron chi connectivity index (χ3n) is 4.41. The van der Waals surface area contributed by atoms with E-state index in [2.05, 4.69) is 0 Å². The second kappa shape index (κ2) is 3.32. The fourth-order valence-electron chi connectivity index (χ4n) is 3.67. The molecule has 6 heteroatoms. The minimum Gasteiger partial charge on any atom is -0.365 e. The highest BCUT2D eigenvalue weighted by Gasteiger charge is 2.81. The minimum atomic E-state index is -1.18. The molecule has 6 atom stereocenters. The van der Waals surface area contributed by atoms with Gasteiger partial charge in [0.2, 0.25) is 0 Å². The maximum atomic E-state index is 10.5. The predicted octanol–water partition coefficient (Wildman–Crippen LogP) is 0.580. The lowest BCUT2D eigenvalue weighted by molar-refractivity contribution is -0.256. The molecule has 4 rings (SSSR count). The van der Waals surface area contributed by atoms with Gasteiger partial charge in [0.05, 0.1) is 24.5 Å². The summed E-state index contributed by atoms with van der Waals surface area (Å²) in [5, 5.41) is 10.5. The topological polar surface area (TPSA) is 66.4 Å². The van der Waals surface area contributed by atoms with Gasteiger partial charge in [-0.05, 0) is 27.7 Å². The summed E-state index contributed by atoms with van der Waals surface area (Å²) >= 11 is 0. The Kier molecular flexibility index (Phi) is 2.18. The molecule has 1 N–H and O–H groups in total. The molecule has 1 aliphatic carbocycles. The lowest BCUT2D eigenvalue weighted by atomic mass is 10.1. The van der Waals surface area contributed by atoms with Crippen LogP contribution in [0.2, 0.25) is 0 Å². The van der Waals surface area contributed by atoms with Crippen LogP contribution in [0.15, 0.2) is 0 Å². The summed E-state index contributed by atoms with van der Waals surface area (Å²) < 4.78 is 28.5. The molecule has 0 amide bonds. The molecule has 1 saturated carbocycles. The van der Waals surface area contributed by atoms with Gasteiger partial charge < -0.3 is 28.8 Å². The summed E-state index contributed by atoms with van der Waals surface area (Å²) in [6.45, 7) is 7.92. The fourth-order valence-corrected chi connectivity index (χ4v) is 3.67. The van der Waals surface area contributed by atoms with Gasteiger partial charge in [-0.2, -0.15) is 0 Å². The van der Waals surface area contributed by atoms with Crippen molar-refractivity contribution in [1.82, 2.24) is 0 Å². The van der Waals surface area contributed by atoms with E-state index >= 15 is 0 Å². The second-order valence-corrected chi connectivity index (χ2v) is 6.76. The van der Waals surface area contributed by atoms with Crippen molar-refractivity contribution in [3.05, 3.63) is 0 Å². The van der Waals surface area contributed by atoms with E-state index in [1.54, 1.807) is 0 Å². The molecular weight excluding hydrogens is 252 g/mol. The third-order valence-corrected chi connectivity index (χ3v) is 4.41. The zero-order valence-electron chi connectivity index (χ0n) is 11.6. The van der Waals surface area contributed by atoms with Crippen LogP contribution in [0.1, 0.15) is 27.7 Å². The van der Waals surface area contributed by atoms with Crippen molar-refractivity contribution in [2.75, 3.05) is 6.61 Å². The normalized spacial score (nSPS) is 57.0. The number of hydrogen-bond acceptors (Lipinski definition) is 6. The first kappa shape index (κ1) is 12.5. The fraction of sp³-hybridized carbons (Fsp3) is 1.00. The van der Waals surface area contributed by atoms with Crippen LogP contribution in [0, 0.1) is 11.8 Å². The Hall–Kier alpha value is -0.240. The van der Waals surface area contributed by atoms with Gasteiger partial charge in [-0.1, -0.05) is 0 Å². The zero-order valence-corrected chi connectivity index (χ0v) is 11.6. The van der Waals surface area contributed by atoms with Crippen molar-refractivity contribution in [1.29, 1.82) is 0 Å². The average Bonchev–Trinajstić information content (AvgIpc) is 2.54. The molecule has 3 heterocycles. The molecule has 3 saturated heterocycles. The van der Waals surface area contributed by atoms with E-state index in [9.17, 15) is 5.11 Å². The zero-order chi connectivity index (χ0) is 13.6. The van der Waals surface area contributed by atoms with E-state index in [0.717, 1.165) is 0 Å². The lowest BCUT2D eigenvalue weighted by Gasteiger charge is -2.21. The molecule has 19 heavy (non-hydrogen) atoms. The summed E-state index contributed by atoms with van der Waals surface area (Å²) in [4.78, 5) is 0. The highest BCUT2D eigenvalue weighted by atomic mass is 16.9. The predicted molar refractivity (Wildman–Crippen MR) is 61.7 cm³/mol. The van der Waals surface area contributed by atoms with Gasteiger partial charge in [0.1, 0.15) is 6.10 Å². The van der Waals surface area contributed by atoms with Gasteiger partial charge in [0, 0.05) is 0 Å². The molecule has 4 fully saturated rings. The standard InChI is InChI=1S/C13H20O6/c1-11(2)15-5-6(16-11)7-8-9-10(19-13(7,8)14)18-12(3,4)17-9/h6-10,14H,5H2,1-4H3/t6-,7-,8+,9+,10+,13?/m1/s1. The SMILES string of the molecule is CC1(C)O[C@H]2OC3(O)[C@H]([C@@H]2O1)[C@H]3[C@H]1COC(C)(C)O1. The van der Waals surface area contributed by atoms with Crippen molar-refractivity contribution >= 4 is 0 Å². The molecule has 108 valence electrons. The Morgan fingerprint density at radius 3 is 2.26 bits per heavy atom. The van der Waals surface area contributed by atoms with Crippen LogP contribution in [0.3, 0.4) is 0 Å². The molecule has 0 spiro atoms. The Labute approximate surface area is 111 Å². The highest BCUT2D eigenvalue weighted by Crippen LogP contribution is 2.65. The molecule has 1 unspecified atom stereocenters. The first-order chi connectivity index (χ1) is 8.72. The third kappa shape index (κ3) is 1.65. The van der Waals surface area contributed by atoms with Crippen LogP contribution in [0.5, 0.6) is 0 Å². The number of rotatable bonds is 1. The number of hydrogen-bond donors (Lipinski definition) is 1. The lowest BCUT2D eigenvalue weighted by Crippen LogP contribution is -2.32. The van der Waals surface area contributed by atoms with Crippen molar-refractivity contribution < 1.29 is 28.8 Å². The Bertz CT molecular complexity index is 415. The van der Waals surface area contributed by atoms with Gasteiger partial charge >= 0.3 is 0 Å². The first-order valence-electron chi connectivity index (χ1n) is 6.79. The van der Waals surface area contributed by atoms with Crippen molar-refractivity contribution in [3.63, 3.8) is 0 Å². The van der Waals surface area contributed by atoms with E-state index in [0.29, 0.717) is 6.61 Å². The minimum absolute atomic E-state index is 0.0956. The van der Waals surface area contributed by atoms with E-state index < -0.39 is 23.7 Å².